The summed E-state index contributed by atoms with van der Waals surface area (Å²) in [5, 5.41) is 11.3. The van der Waals surface area contributed by atoms with Crippen LogP contribution in [0.3, 0.4) is 0 Å². The standard InChI is InChI=1S/C22H23NO9/c1-28-14-10-17(30-3)15(18(11-14)31-4)6-8-20(24)23-13-5-7-16(29-2)19(9-13)32-22(27)12-21(25)26/h5-11H,12H2,1-4H3,(H,23,24)(H,25,26). The molecule has 0 saturated heterocycles. The molecule has 0 fully saturated rings. The third-order valence-corrected chi connectivity index (χ3v) is 4.11. The Morgan fingerprint density at radius 3 is 2.03 bits per heavy atom. The molecule has 32 heavy (non-hydrogen) atoms. The van der Waals surface area contributed by atoms with Crippen LogP contribution >= 0.6 is 0 Å². The van der Waals surface area contributed by atoms with Crippen molar-refractivity contribution in [1.29, 1.82) is 0 Å². The maximum Gasteiger partial charge on any atom is 0.322 e. The number of ether oxygens (including phenoxy) is 5. The first kappa shape index (κ1) is 24.1. The van der Waals surface area contributed by atoms with Gasteiger partial charge in [0.1, 0.15) is 23.7 Å². The molecule has 0 atom stereocenters. The van der Waals surface area contributed by atoms with Crippen LogP contribution in [0.4, 0.5) is 5.69 Å². The minimum atomic E-state index is -1.33. The molecule has 2 N–H and O–H groups in total. The number of carboxylic acids is 1. The normalized spacial score (nSPS) is 10.4. The molecule has 0 aliphatic rings. The average Bonchev–Trinajstić information content (AvgIpc) is 2.76. The number of aliphatic carboxylic acids is 1. The summed E-state index contributed by atoms with van der Waals surface area (Å²) in [6.45, 7) is 0. The molecule has 0 aromatic heterocycles. The van der Waals surface area contributed by atoms with Crippen LogP contribution in [0.2, 0.25) is 0 Å². The van der Waals surface area contributed by atoms with Crippen molar-refractivity contribution < 1.29 is 43.2 Å². The molecule has 2 aromatic rings. The number of rotatable bonds is 10. The van der Waals surface area contributed by atoms with Crippen molar-refractivity contribution in [3.05, 3.63) is 42.0 Å². The van der Waals surface area contributed by atoms with Crippen molar-refractivity contribution >= 4 is 29.6 Å². The average molecular weight is 445 g/mol. The predicted octanol–water partition coefficient (Wildman–Crippen LogP) is 2.75. The quantitative estimate of drug-likeness (QED) is 0.245. The Bertz CT molecular complexity index is 1010. The van der Waals surface area contributed by atoms with Crippen LogP contribution in [0.5, 0.6) is 28.7 Å². The van der Waals surface area contributed by atoms with E-state index < -0.39 is 24.3 Å². The summed E-state index contributed by atoms with van der Waals surface area (Å²) in [5.74, 6) is -1.19. The molecule has 2 aromatic carbocycles. The van der Waals surface area contributed by atoms with Crippen molar-refractivity contribution in [2.45, 2.75) is 6.42 Å². The molecule has 0 saturated carbocycles. The summed E-state index contributed by atoms with van der Waals surface area (Å²) >= 11 is 0. The number of carbonyl (C=O) groups excluding carboxylic acids is 2. The van der Waals surface area contributed by atoms with Gasteiger partial charge in [0, 0.05) is 30.0 Å². The van der Waals surface area contributed by atoms with Crippen molar-refractivity contribution in [3.8, 4) is 28.7 Å². The first-order valence-corrected chi connectivity index (χ1v) is 9.20. The Kier molecular flexibility index (Phi) is 8.46. The highest BCUT2D eigenvalue weighted by atomic mass is 16.6. The summed E-state index contributed by atoms with van der Waals surface area (Å²) in [6.07, 6.45) is 1.98. The lowest BCUT2D eigenvalue weighted by atomic mass is 10.1. The number of hydrogen-bond donors (Lipinski definition) is 2. The lowest BCUT2D eigenvalue weighted by molar-refractivity contribution is -0.145. The molecule has 0 radical (unpaired) electrons. The number of esters is 1. The zero-order valence-corrected chi connectivity index (χ0v) is 18.0. The minimum Gasteiger partial charge on any atom is -0.496 e. The van der Waals surface area contributed by atoms with Gasteiger partial charge >= 0.3 is 11.9 Å². The van der Waals surface area contributed by atoms with E-state index >= 15 is 0 Å². The molecular weight excluding hydrogens is 422 g/mol. The molecule has 0 aliphatic heterocycles. The second-order valence-electron chi connectivity index (χ2n) is 6.18. The Labute approximate surface area is 184 Å². The third kappa shape index (κ3) is 6.39. The second kappa shape index (κ2) is 11.3. The number of anilines is 1. The van der Waals surface area contributed by atoms with Gasteiger partial charge in [-0.05, 0) is 18.2 Å². The largest absolute Gasteiger partial charge is 0.496 e. The van der Waals surface area contributed by atoms with E-state index in [0.29, 0.717) is 28.5 Å². The highest BCUT2D eigenvalue weighted by Gasteiger charge is 2.15. The molecule has 0 spiro atoms. The molecule has 10 nitrogen and oxygen atoms in total. The molecule has 0 heterocycles. The van der Waals surface area contributed by atoms with Gasteiger partial charge in [-0.2, -0.15) is 0 Å². The molecule has 0 bridgehead atoms. The Hall–Kier alpha value is -4.21. The van der Waals surface area contributed by atoms with Gasteiger partial charge in [0.25, 0.3) is 0 Å². The van der Waals surface area contributed by atoms with Gasteiger partial charge in [-0.15, -0.1) is 0 Å². The van der Waals surface area contributed by atoms with Crippen LogP contribution < -0.4 is 29.0 Å². The smallest absolute Gasteiger partial charge is 0.322 e. The molecule has 2 rings (SSSR count). The maximum absolute atomic E-state index is 12.4. The van der Waals surface area contributed by atoms with E-state index in [2.05, 4.69) is 5.32 Å². The van der Waals surface area contributed by atoms with Crippen LogP contribution in [0.1, 0.15) is 12.0 Å². The Morgan fingerprint density at radius 2 is 1.50 bits per heavy atom. The number of carboxylic acid groups (broad SMARTS) is 1. The van der Waals surface area contributed by atoms with Crippen LogP contribution in [-0.4, -0.2) is 51.4 Å². The molecular formula is C22H23NO9. The van der Waals surface area contributed by atoms with Crippen LogP contribution in [0.15, 0.2) is 36.4 Å². The zero-order chi connectivity index (χ0) is 23.7. The van der Waals surface area contributed by atoms with E-state index in [1.165, 1.54) is 58.8 Å². The summed E-state index contributed by atoms with van der Waals surface area (Å²) in [5.41, 5.74) is 0.830. The predicted molar refractivity (Wildman–Crippen MR) is 115 cm³/mol. The fraction of sp³-hybridized carbons (Fsp3) is 0.227. The van der Waals surface area contributed by atoms with Crippen LogP contribution in [0.25, 0.3) is 6.08 Å². The van der Waals surface area contributed by atoms with Crippen LogP contribution in [0, 0.1) is 0 Å². The van der Waals surface area contributed by atoms with E-state index in [1.807, 2.05) is 0 Å². The number of benzene rings is 2. The SMILES string of the molecule is COc1cc(OC)c(C=CC(=O)Nc2ccc(OC)c(OC(=O)CC(=O)O)c2)c(OC)c1. The number of carbonyl (C=O) groups is 3. The molecule has 0 unspecified atom stereocenters. The molecule has 10 heteroatoms. The second-order valence-corrected chi connectivity index (χ2v) is 6.18. The summed E-state index contributed by atoms with van der Waals surface area (Å²) in [7, 11) is 5.84. The Morgan fingerprint density at radius 1 is 0.875 bits per heavy atom. The number of nitrogens with one attached hydrogen (secondary N) is 1. The first-order valence-electron chi connectivity index (χ1n) is 9.20. The number of methoxy groups -OCH3 is 4. The van der Waals surface area contributed by atoms with Gasteiger partial charge < -0.3 is 34.1 Å². The highest BCUT2D eigenvalue weighted by molar-refractivity contribution is 6.02. The van der Waals surface area contributed by atoms with Gasteiger partial charge in [0.15, 0.2) is 11.5 Å². The van der Waals surface area contributed by atoms with E-state index in [0.717, 1.165) is 0 Å². The monoisotopic (exact) mass is 445 g/mol. The van der Waals surface area contributed by atoms with Gasteiger partial charge in [0.2, 0.25) is 5.91 Å². The number of hydrogen-bond acceptors (Lipinski definition) is 8. The van der Waals surface area contributed by atoms with Crippen LogP contribution in [-0.2, 0) is 14.4 Å². The minimum absolute atomic E-state index is 0.0287. The van der Waals surface area contributed by atoms with E-state index in [4.69, 9.17) is 28.8 Å². The van der Waals surface area contributed by atoms with Crippen molar-refractivity contribution in [2.75, 3.05) is 33.8 Å². The molecule has 1 amide bonds. The first-order chi connectivity index (χ1) is 15.3. The van der Waals surface area contributed by atoms with Gasteiger partial charge in [0.05, 0.1) is 34.0 Å². The summed E-state index contributed by atoms with van der Waals surface area (Å²) < 4.78 is 26.0. The zero-order valence-electron chi connectivity index (χ0n) is 18.0. The molecule has 170 valence electrons. The van der Waals surface area contributed by atoms with Gasteiger partial charge in [-0.1, -0.05) is 0 Å². The third-order valence-electron chi connectivity index (χ3n) is 4.11. The number of amides is 1. The summed E-state index contributed by atoms with van der Waals surface area (Å²) in [4.78, 5) is 34.7. The Balaban J connectivity index is 2.21. The fourth-order valence-electron chi connectivity index (χ4n) is 2.66. The lowest BCUT2D eigenvalue weighted by Crippen LogP contribution is -2.14. The van der Waals surface area contributed by atoms with E-state index in [1.54, 1.807) is 12.1 Å². The molecule has 0 aliphatic carbocycles. The van der Waals surface area contributed by atoms with Gasteiger partial charge in [-0.3, -0.25) is 14.4 Å². The fourth-order valence-corrected chi connectivity index (χ4v) is 2.66. The summed E-state index contributed by atoms with van der Waals surface area (Å²) in [6, 6.07) is 7.66. The van der Waals surface area contributed by atoms with E-state index in [-0.39, 0.29) is 11.5 Å². The van der Waals surface area contributed by atoms with Gasteiger partial charge in [-0.25, -0.2) is 0 Å². The highest BCUT2D eigenvalue weighted by Crippen LogP contribution is 2.35. The van der Waals surface area contributed by atoms with Crippen molar-refractivity contribution in [2.24, 2.45) is 0 Å². The van der Waals surface area contributed by atoms with Crippen molar-refractivity contribution in [3.63, 3.8) is 0 Å². The maximum atomic E-state index is 12.4. The topological polar surface area (TPSA) is 130 Å². The van der Waals surface area contributed by atoms with E-state index in [9.17, 15) is 14.4 Å². The van der Waals surface area contributed by atoms with Crippen molar-refractivity contribution in [1.82, 2.24) is 0 Å². The lowest BCUT2D eigenvalue weighted by Gasteiger charge is -2.12.